The molecule has 2 N–H and O–H groups in total. The molecule has 0 radical (unpaired) electrons. The number of aromatic nitrogens is 2. The van der Waals surface area contributed by atoms with Crippen LogP contribution in [0.15, 0.2) is 72.9 Å². The van der Waals surface area contributed by atoms with Crippen molar-refractivity contribution in [3.05, 3.63) is 89.6 Å². The molecule has 48 heavy (non-hydrogen) atoms. The van der Waals surface area contributed by atoms with Gasteiger partial charge in [0, 0.05) is 54.4 Å². The van der Waals surface area contributed by atoms with Crippen LogP contribution in [0.3, 0.4) is 0 Å². The molecule has 1 aliphatic rings. The van der Waals surface area contributed by atoms with Crippen molar-refractivity contribution in [2.75, 3.05) is 60.8 Å². The SMILES string of the molecule is CCN(CC)CCOc1ccc(Nc2ncc3c(n2)N(C)C(=O)N(c2cc(NC(=O)c4cccc(C(F)(F)F)c4)cc(OC)c2)C3)cc1. The minimum atomic E-state index is -4.59. The van der Waals surface area contributed by atoms with Crippen LogP contribution in [-0.4, -0.2) is 67.2 Å². The number of carbonyl (C=O) groups is 2. The van der Waals surface area contributed by atoms with Crippen LogP contribution in [0.5, 0.6) is 11.5 Å². The lowest BCUT2D eigenvalue weighted by molar-refractivity contribution is -0.137. The summed E-state index contributed by atoms with van der Waals surface area (Å²) in [4.78, 5) is 40.6. The van der Waals surface area contributed by atoms with Gasteiger partial charge in [0.15, 0.2) is 0 Å². The van der Waals surface area contributed by atoms with Crippen molar-refractivity contribution < 1.29 is 32.2 Å². The number of anilines is 5. The standard InChI is InChI=1S/C34H36F3N7O4/c1-5-43(6-2)14-15-48-28-12-10-25(11-13-28)40-32-38-20-23-21-44(33(46)42(3)30(23)41-32)27-17-26(18-29(19-27)47-4)39-31(45)22-8-7-9-24(16-22)34(35,36)37/h7-13,16-20H,5-6,14-15,21H2,1-4H3,(H,39,45)(H,38,40,41). The monoisotopic (exact) mass is 663 g/mol. The minimum absolute atomic E-state index is 0.118. The predicted molar refractivity (Wildman–Crippen MR) is 177 cm³/mol. The first kappa shape index (κ1) is 34.0. The van der Waals surface area contributed by atoms with Gasteiger partial charge in [-0.2, -0.15) is 18.2 Å². The zero-order chi connectivity index (χ0) is 34.4. The highest BCUT2D eigenvalue weighted by Crippen LogP contribution is 2.35. The van der Waals surface area contributed by atoms with Crippen LogP contribution >= 0.6 is 0 Å². The summed E-state index contributed by atoms with van der Waals surface area (Å²) in [6.45, 7) is 7.73. The first-order chi connectivity index (χ1) is 23.0. The Kier molecular flexibility index (Phi) is 10.3. The highest BCUT2D eigenvalue weighted by atomic mass is 19.4. The van der Waals surface area contributed by atoms with E-state index in [0.717, 1.165) is 43.2 Å². The van der Waals surface area contributed by atoms with Gasteiger partial charge >= 0.3 is 12.2 Å². The topological polar surface area (TPSA) is 112 Å². The van der Waals surface area contributed by atoms with Crippen molar-refractivity contribution in [3.63, 3.8) is 0 Å². The highest BCUT2D eigenvalue weighted by Gasteiger charge is 2.32. The number of hydrogen-bond donors (Lipinski definition) is 2. The van der Waals surface area contributed by atoms with Crippen LogP contribution in [-0.2, 0) is 12.7 Å². The van der Waals surface area contributed by atoms with E-state index >= 15 is 0 Å². The third-order valence-corrected chi connectivity index (χ3v) is 7.84. The Labute approximate surface area is 276 Å². The number of benzene rings is 3. The molecule has 0 saturated carbocycles. The number of hydrogen-bond acceptors (Lipinski definition) is 8. The van der Waals surface area contributed by atoms with Crippen molar-refractivity contribution in [3.8, 4) is 11.5 Å². The largest absolute Gasteiger partial charge is 0.497 e. The van der Waals surface area contributed by atoms with Crippen LogP contribution in [0, 0.1) is 0 Å². The summed E-state index contributed by atoms with van der Waals surface area (Å²) in [6, 6.07) is 15.8. The van der Waals surface area contributed by atoms with Gasteiger partial charge < -0.3 is 25.0 Å². The van der Waals surface area contributed by atoms with E-state index in [1.165, 1.54) is 35.1 Å². The molecular formula is C34H36F3N7O4. The van der Waals surface area contributed by atoms with Crippen LogP contribution in [0.1, 0.15) is 35.3 Å². The molecular weight excluding hydrogens is 627 g/mol. The Hall–Kier alpha value is -5.37. The molecule has 0 fully saturated rings. The van der Waals surface area contributed by atoms with Crippen LogP contribution in [0.2, 0.25) is 0 Å². The molecule has 252 valence electrons. The third kappa shape index (κ3) is 7.94. The second-order valence-electron chi connectivity index (χ2n) is 10.9. The molecule has 11 nitrogen and oxygen atoms in total. The van der Waals surface area contributed by atoms with E-state index in [1.54, 1.807) is 25.4 Å². The molecule has 14 heteroatoms. The van der Waals surface area contributed by atoms with Crippen molar-refractivity contribution in [2.24, 2.45) is 0 Å². The van der Waals surface area contributed by atoms with Gasteiger partial charge in [-0.05, 0) is 61.6 Å². The molecule has 2 heterocycles. The molecule has 0 bridgehead atoms. The number of carbonyl (C=O) groups excluding carboxylic acids is 2. The summed E-state index contributed by atoms with van der Waals surface area (Å²) in [5, 5.41) is 5.77. The lowest BCUT2D eigenvalue weighted by Crippen LogP contribution is -2.46. The second-order valence-corrected chi connectivity index (χ2v) is 10.9. The fourth-order valence-electron chi connectivity index (χ4n) is 5.14. The van der Waals surface area contributed by atoms with Crippen molar-refractivity contribution in [2.45, 2.75) is 26.6 Å². The van der Waals surface area contributed by atoms with Gasteiger partial charge in [-0.1, -0.05) is 19.9 Å². The third-order valence-electron chi connectivity index (χ3n) is 7.84. The molecule has 4 aromatic rings. The number of amides is 3. The van der Waals surface area contributed by atoms with E-state index < -0.39 is 23.7 Å². The zero-order valence-corrected chi connectivity index (χ0v) is 27.0. The minimum Gasteiger partial charge on any atom is -0.497 e. The number of methoxy groups -OCH3 is 1. The Morgan fingerprint density at radius 1 is 1.00 bits per heavy atom. The maximum Gasteiger partial charge on any atom is 0.416 e. The van der Waals surface area contributed by atoms with Crippen molar-refractivity contribution in [1.82, 2.24) is 14.9 Å². The Morgan fingerprint density at radius 2 is 1.75 bits per heavy atom. The summed E-state index contributed by atoms with van der Waals surface area (Å²) >= 11 is 0. The van der Waals surface area contributed by atoms with Gasteiger partial charge in [-0.15, -0.1) is 0 Å². The summed E-state index contributed by atoms with van der Waals surface area (Å²) in [5.41, 5.74) is 0.910. The first-order valence-electron chi connectivity index (χ1n) is 15.3. The van der Waals surface area contributed by atoms with Gasteiger partial charge in [0.1, 0.15) is 23.9 Å². The molecule has 3 amide bonds. The molecule has 1 aromatic heterocycles. The molecule has 0 saturated heterocycles. The van der Waals surface area contributed by atoms with Crippen molar-refractivity contribution in [1.29, 1.82) is 0 Å². The molecule has 0 spiro atoms. The average molecular weight is 664 g/mol. The number of fused-ring (bicyclic) bond motifs is 1. The Bertz CT molecular complexity index is 1760. The molecule has 3 aromatic carbocycles. The summed E-state index contributed by atoms with van der Waals surface area (Å²) < 4.78 is 50.8. The van der Waals surface area contributed by atoms with E-state index in [-0.39, 0.29) is 17.8 Å². The molecule has 0 aliphatic carbocycles. The van der Waals surface area contributed by atoms with E-state index in [4.69, 9.17) is 9.47 Å². The Balaban J connectivity index is 1.29. The zero-order valence-electron chi connectivity index (χ0n) is 27.0. The van der Waals surface area contributed by atoms with Crippen molar-refractivity contribution >= 4 is 40.8 Å². The van der Waals surface area contributed by atoms with Gasteiger partial charge in [-0.3, -0.25) is 14.6 Å². The number of alkyl halides is 3. The fourth-order valence-corrected chi connectivity index (χ4v) is 5.14. The predicted octanol–water partition coefficient (Wildman–Crippen LogP) is 6.80. The number of rotatable bonds is 12. The maximum absolute atomic E-state index is 13.6. The second kappa shape index (κ2) is 14.6. The number of ether oxygens (including phenoxy) is 2. The smallest absolute Gasteiger partial charge is 0.416 e. The van der Waals surface area contributed by atoms with E-state index in [0.29, 0.717) is 35.4 Å². The fraction of sp³-hybridized carbons (Fsp3) is 0.294. The first-order valence-corrected chi connectivity index (χ1v) is 15.3. The summed E-state index contributed by atoms with van der Waals surface area (Å²) in [7, 11) is 3.01. The summed E-state index contributed by atoms with van der Waals surface area (Å²) in [6.07, 6.45) is -2.97. The molecule has 0 unspecified atom stereocenters. The lowest BCUT2D eigenvalue weighted by Gasteiger charge is -2.34. The normalized spacial score (nSPS) is 13.0. The van der Waals surface area contributed by atoms with E-state index in [9.17, 15) is 22.8 Å². The number of urea groups is 1. The number of halogens is 3. The summed E-state index contributed by atoms with van der Waals surface area (Å²) in [5.74, 6) is 1.05. The molecule has 1 aliphatic heterocycles. The molecule has 0 atom stereocenters. The van der Waals surface area contributed by atoms with Crippen LogP contribution in [0.4, 0.5) is 46.8 Å². The average Bonchev–Trinajstić information content (AvgIpc) is 3.08. The number of nitrogens with one attached hydrogen (secondary N) is 2. The quantitative estimate of drug-likeness (QED) is 0.170. The van der Waals surface area contributed by atoms with Gasteiger partial charge in [0.2, 0.25) is 5.95 Å². The highest BCUT2D eigenvalue weighted by molar-refractivity contribution is 6.07. The van der Waals surface area contributed by atoms with E-state index in [2.05, 4.69) is 39.3 Å². The van der Waals surface area contributed by atoms with Crippen LogP contribution < -0.4 is 29.9 Å². The Morgan fingerprint density at radius 3 is 2.44 bits per heavy atom. The molecule has 5 rings (SSSR count). The van der Waals surface area contributed by atoms with Crippen LogP contribution in [0.25, 0.3) is 0 Å². The lowest BCUT2D eigenvalue weighted by atomic mass is 10.1. The van der Waals surface area contributed by atoms with Gasteiger partial charge in [-0.25, -0.2) is 9.78 Å². The number of likely N-dealkylation sites (N-methyl/N-ethyl adjacent to an activating group) is 1. The number of nitrogens with zero attached hydrogens (tertiary/aromatic N) is 5. The van der Waals surface area contributed by atoms with Gasteiger partial charge in [0.25, 0.3) is 5.91 Å². The van der Waals surface area contributed by atoms with Gasteiger partial charge in [0.05, 0.1) is 24.9 Å². The maximum atomic E-state index is 13.6. The van der Waals surface area contributed by atoms with E-state index in [1.807, 2.05) is 24.3 Å².